The third kappa shape index (κ3) is 3.83. The average Bonchev–Trinajstić information content (AvgIpc) is 3.15. The van der Waals surface area contributed by atoms with E-state index in [1.54, 1.807) is 16.2 Å². The molecule has 1 atom stereocenters. The van der Waals surface area contributed by atoms with Crippen LogP contribution in [0.25, 0.3) is 0 Å². The van der Waals surface area contributed by atoms with Crippen LogP contribution in [0.2, 0.25) is 0 Å². The van der Waals surface area contributed by atoms with Crippen molar-refractivity contribution in [2.24, 2.45) is 0 Å². The molecule has 1 aliphatic heterocycles. The summed E-state index contributed by atoms with van der Waals surface area (Å²) in [6, 6.07) is 12.3. The van der Waals surface area contributed by atoms with Crippen molar-refractivity contribution < 1.29 is 9.59 Å². The van der Waals surface area contributed by atoms with Crippen molar-refractivity contribution >= 4 is 23.2 Å². The lowest BCUT2D eigenvalue weighted by Crippen LogP contribution is -2.40. The Morgan fingerprint density at radius 2 is 1.85 bits per heavy atom. The minimum atomic E-state index is -0.0396. The van der Waals surface area contributed by atoms with Crippen molar-refractivity contribution in [2.75, 3.05) is 19.6 Å². The Morgan fingerprint density at radius 1 is 1.12 bits per heavy atom. The molecule has 1 aliphatic rings. The van der Waals surface area contributed by atoms with Crippen LogP contribution in [-0.4, -0.2) is 41.2 Å². The maximum Gasteiger partial charge on any atom is 0.223 e. The molecule has 26 heavy (non-hydrogen) atoms. The van der Waals surface area contributed by atoms with E-state index in [2.05, 4.69) is 23.6 Å². The van der Waals surface area contributed by atoms with E-state index in [-0.39, 0.29) is 30.7 Å². The van der Waals surface area contributed by atoms with Crippen LogP contribution in [0.4, 0.5) is 0 Å². The van der Waals surface area contributed by atoms with Crippen molar-refractivity contribution in [3.63, 3.8) is 0 Å². The standard InChI is InChI=1S/C21H26N2O2S/c1-3-22(4-2)19(24)10-11-20(25)23-14-12-18-17(13-15-26-18)21(23)16-8-6-5-7-9-16/h5-9,13,15,21H,3-4,10-12,14H2,1-2H3. The number of nitrogens with zero attached hydrogens (tertiary/aromatic N) is 2. The zero-order chi connectivity index (χ0) is 18.5. The zero-order valence-electron chi connectivity index (χ0n) is 15.5. The Hall–Kier alpha value is -2.14. The Bertz CT molecular complexity index is 752. The molecule has 0 fully saturated rings. The fourth-order valence-electron chi connectivity index (χ4n) is 3.67. The van der Waals surface area contributed by atoms with Gasteiger partial charge in [0.15, 0.2) is 0 Å². The largest absolute Gasteiger partial charge is 0.343 e. The van der Waals surface area contributed by atoms with Crippen molar-refractivity contribution in [3.8, 4) is 0 Å². The number of carbonyl (C=O) groups excluding carboxylic acids is 2. The predicted molar refractivity (Wildman–Crippen MR) is 105 cm³/mol. The molecule has 3 rings (SSSR count). The Balaban J connectivity index is 1.77. The van der Waals surface area contributed by atoms with Crippen molar-refractivity contribution in [3.05, 3.63) is 57.8 Å². The second-order valence-corrected chi connectivity index (χ2v) is 7.52. The average molecular weight is 371 g/mol. The first-order valence-corrected chi connectivity index (χ1v) is 10.2. The highest BCUT2D eigenvalue weighted by Gasteiger charge is 2.32. The molecule has 2 aromatic rings. The first-order chi connectivity index (χ1) is 12.7. The summed E-state index contributed by atoms with van der Waals surface area (Å²) in [7, 11) is 0. The second-order valence-electron chi connectivity index (χ2n) is 6.52. The molecule has 1 aromatic carbocycles. The normalized spacial score (nSPS) is 16.2. The summed E-state index contributed by atoms with van der Waals surface area (Å²) in [6.45, 7) is 6.04. The minimum absolute atomic E-state index is 0.0396. The smallest absolute Gasteiger partial charge is 0.223 e. The first-order valence-electron chi connectivity index (χ1n) is 9.34. The summed E-state index contributed by atoms with van der Waals surface area (Å²) in [4.78, 5) is 30.3. The summed E-state index contributed by atoms with van der Waals surface area (Å²) in [6.07, 6.45) is 1.46. The lowest BCUT2D eigenvalue weighted by molar-refractivity contribution is -0.138. The summed E-state index contributed by atoms with van der Waals surface area (Å²) in [5, 5.41) is 2.11. The fraction of sp³-hybridized carbons (Fsp3) is 0.429. The lowest BCUT2D eigenvalue weighted by atomic mass is 9.93. The summed E-state index contributed by atoms with van der Waals surface area (Å²) >= 11 is 1.77. The number of hydrogen-bond acceptors (Lipinski definition) is 3. The molecule has 0 bridgehead atoms. The molecule has 0 N–H and O–H groups in total. The number of rotatable bonds is 6. The highest BCUT2D eigenvalue weighted by Crippen LogP contribution is 2.38. The monoisotopic (exact) mass is 370 g/mol. The van der Waals surface area contributed by atoms with E-state index < -0.39 is 0 Å². The van der Waals surface area contributed by atoms with Crippen LogP contribution in [0.3, 0.4) is 0 Å². The molecule has 0 radical (unpaired) electrons. The van der Waals surface area contributed by atoms with Crippen LogP contribution >= 0.6 is 11.3 Å². The number of fused-ring (bicyclic) bond motifs is 1. The van der Waals surface area contributed by atoms with Crippen LogP contribution in [0, 0.1) is 0 Å². The molecule has 0 saturated heterocycles. The molecule has 0 aliphatic carbocycles. The molecule has 2 heterocycles. The van der Waals surface area contributed by atoms with Gasteiger partial charge in [0, 0.05) is 37.4 Å². The van der Waals surface area contributed by atoms with E-state index in [1.807, 2.05) is 36.9 Å². The van der Waals surface area contributed by atoms with Crippen LogP contribution in [0.5, 0.6) is 0 Å². The number of thiophene rings is 1. The predicted octanol–water partition coefficient (Wildman–Crippen LogP) is 3.87. The molecule has 0 spiro atoms. The molecule has 5 heteroatoms. The molecule has 1 aromatic heterocycles. The molecule has 1 unspecified atom stereocenters. The maximum absolute atomic E-state index is 13.0. The zero-order valence-corrected chi connectivity index (χ0v) is 16.3. The summed E-state index contributed by atoms with van der Waals surface area (Å²) < 4.78 is 0. The third-order valence-corrected chi connectivity index (χ3v) is 6.07. The topological polar surface area (TPSA) is 40.6 Å². The summed E-state index contributed by atoms with van der Waals surface area (Å²) in [5.74, 6) is 0.129. The highest BCUT2D eigenvalue weighted by atomic mass is 32.1. The molecule has 2 amide bonds. The molecule has 4 nitrogen and oxygen atoms in total. The van der Waals surface area contributed by atoms with E-state index in [0.29, 0.717) is 19.6 Å². The van der Waals surface area contributed by atoms with Gasteiger partial charge in [0.05, 0.1) is 6.04 Å². The van der Waals surface area contributed by atoms with Gasteiger partial charge < -0.3 is 9.80 Å². The van der Waals surface area contributed by atoms with E-state index >= 15 is 0 Å². The van der Waals surface area contributed by atoms with Gasteiger partial charge in [-0.15, -0.1) is 11.3 Å². The maximum atomic E-state index is 13.0. The van der Waals surface area contributed by atoms with Gasteiger partial charge in [-0.1, -0.05) is 30.3 Å². The fourth-order valence-corrected chi connectivity index (χ4v) is 4.58. The van der Waals surface area contributed by atoms with E-state index in [1.165, 1.54) is 10.4 Å². The molecular formula is C21H26N2O2S. The van der Waals surface area contributed by atoms with E-state index in [9.17, 15) is 9.59 Å². The van der Waals surface area contributed by atoms with Crippen LogP contribution in [-0.2, 0) is 16.0 Å². The molecular weight excluding hydrogens is 344 g/mol. The van der Waals surface area contributed by atoms with E-state index in [4.69, 9.17) is 0 Å². The van der Waals surface area contributed by atoms with Gasteiger partial charge in [-0.3, -0.25) is 9.59 Å². The van der Waals surface area contributed by atoms with Gasteiger partial charge in [0.2, 0.25) is 11.8 Å². The second kappa shape index (κ2) is 8.49. The highest BCUT2D eigenvalue weighted by molar-refractivity contribution is 7.10. The Morgan fingerprint density at radius 3 is 2.54 bits per heavy atom. The van der Waals surface area contributed by atoms with Crippen LogP contribution in [0.1, 0.15) is 48.7 Å². The third-order valence-electron chi connectivity index (χ3n) is 5.07. The Kier molecular flexibility index (Phi) is 6.09. The van der Waals surface area contributed by atoms with Gasteiger partial charge in [-0.25, -0.2) is 0 Å². The Labute approximate surface area is 159 Å². The lowest BCUT2D eigenvalue weighted by Gasteiger charge is -2.36. The van der Waals surface area contributed by atoms with Crippen LogP contribution in [0.15, 0.2) is 41.8 Å². The van der Waals surface area contributed by atoms with Gasteiger partial charge >= 0.3 is 0 Å². The van der Waals surface area contributed by atoms with Crippen molar-refractivity contribution in [2.45, 2.75) is 39.2 Å². The van der Waals surface area contributed by atoms with Crippen molar-refractivity contribution in [1.29, 1.82) is 0 Å². The number of benzene rings is 1. The quantitative estimate of drug-likeness (QED) is 0.774. The van der Waals surface area contributed by atoms with Gasteiger partial charge in [-0.05, 0) is 42.8 Å². The number of hydrogen-bond donors (Lipinski definition) is 0. The van der Waals surface area contributed by atoms with Gasteiger partial charge in [-0.2, -0.15) is 0 Å². The van der Waals surface area contributed by atoms with Crippen molar-refractivity contribution in [1.82, 2.24) is 9.80 Å². The van der Waals surface area contributed by atoms with Gasteiger partial charge in [0.25, 0.3) is 0 Å². The molecule has 0 saturated carbocycles. The van der Waals surface area contributed by atoms with Crippen LogP contribution < -0.4 is 0 Å². The number of carbonyl (C=O) groups is 2. The minimum Gasteiger partial charge on any atom is -0.343 e. The molecule has 138 valence electrons. The first kappa shape index (κ1) is 18.6. The number of amides is 2. The SMILES string of the molecule is CCN(CC)C(=O)CCC(=O)N1CCc2sccc2C1c1ccccc1. The summed E-state index contributed by atoms with van der Waals surface area (Å²) in [5.41, 5.74) is 2.37. The van der Waals surface area contributed by atoms with E-state index in [0.717, 1.165) is 12.0 Å². The van der Waals surface area contributed by atoms with Gasteiger partial charge in [0.1, 0.15) is 0 Å².